The number of thiocarbonyl (C=S) groups is 1. The monoisotopic (exact) mass is 243 g/mol. The van der Waals surface area contributed by atoms with Crippen molar-refractivity contribution in [2.45, 2.75) is 51.6 Å². The average molecular weight is 243 g/mol. The van der Waals surface area contributed by atoms with E-state index >= 15 is 0 Å². The molecule has 1 rings (SSSR count). The summed E-state index contributed by atoms with van der Waals surface area (Å²) in [5, 5.41) is 6.77. The van der Waals surface area contributed by atoms with E-state index in [1.54, 1.807) is 0 Å². The van der Waals surface area contributed by atoms with Gasteiger partial charge in [0.1, 0.15) is 6.04 Å². The first kappa shape index (κ1) is 13.2. The molecule has 0 aromatic carbocycles. The minimum Gasteiger partial charge on any atom is -0.368 e. The Labute approximate surface area is 102 Å². The average Bonchev–Trinajstić information content (AvgIpc) is 2.65. The Hall–Kier alpha value is -0.840. The fourth-order valence-corrected chi connectivity index (χ4v) is 2.30. The van der Waals surface area contributed by atoms with Crippen LogP contribution in [0.25, 0.3) is 0 Å². The topological polar surface area (TPSA) is 67.2 Å². The molecule has 1 saturated carbocycles. The molecule has 0 radical (unpaired) electrons. The summed E-state index contributed by atoms with van der Waals surface area (Å²) in [4.78, 5) is 11.2. The van der Waals surface area contributed by atoms with E-state index in [0.717, 1.165) is 12.8 Å². The van der Waals surface area contributed by atoms with Crippen molar-refractivity contribution < 1.29 is 4.79 Å². The third kappa shape index (κ3) is 3.96. The van der Waals surface area contributed by atoms with Crippen LogP contribution >= 0.6 is 12.2 Å². The van der Waals surface area contributed by atoms with E-state index in [0.29, 0.717) is 11.2 Å². The second-order valence-corrected chi connectivity index (χ2v) is 5.13. The van der Waals surface area contributed by atoms with Crippen LogP contribution < -0.4 is 16.4 Å². The van der Waals surface area contributed by atoms with Crippen molar-refractivity contribution >= 4 is 23.2 Å². The molecule has 16 heavy (non-hydrogen) atoms. The SMILES string of the molecule is CC(C)C(NC(=S)NC1CCCC1)C(N)=O. The van der Waals surface area contributed by atoms with E-state index in [1.807, 2.05) is 13.8 Å². The highest BCUT2D eigenvalue weighted by atomic mass is 32.1. The maximum absolute atomic E-state index is 11.2. The van der Waals surface area contributed by atoms with Gasteiger partial charge in [-0.3, -0.25) is 4.79 Å². The molecule has 1 unspecified atom stereocenters. The predicted molar refractivity (Wildman–Crippen MR) is 68.9 cm³/mol. The number of rotatable bonds is 4. The lowest BCUT2D eigenvalue weighted by Crippen LogP contribution is -2.52. The number of primary amides is 1. The van der Waals surface area contributed by atoms with E-state index < -0.39 is 0 Å². The van der Waals surface area contributed by atoms with Crippen molar-refractivity contribution in [3.8, 4) is 0 Å². The van der Waals surface area contributed by atoms with E-state index in [9.17, 15) is 4.79 Å². The second kappa shape index (κ2) is 6.03. The van der Waals surface area contributed by atoms with Gasteiger partial charge in [-0.1, -0.05) is 26.7 Å². The molecular formula is C11H21N3OS. The summed E-state index contributed by atoms with van der Waals surface area (Å²) in [7, 11) is 0. The lowest BCUT2D eigenvalue weighted by molar-refractivity contribution is -0.120. The number of hydrogen-bond donors (Lipinski definition) is 3. The lowest BCUT2D eigenvalue weighted by Gasteiger charge is -2.23. The zero-order chi connectivity index (χ0) is 12.1. The number of hydrogen-bond acceptors (Lipinski definition) is 2. The second-order valence-electron chi connectivity index (χ2n) is 4.72. The van der Waals surface area contributed by atoms with Crippen LogP contribution in [0.3, 0.4) is 0 Å². The summed E-state index contributed by atoms with van der Waals surface area (Å²) in [6.45, 7) is 3.89. The maximum Gasteiger partial charge on any atom is 0.240 e. The molecule has 0 aromatic heterocycles. The summed E-state index contributed by atoms with van der Waals surface area (Å²) in [5.41, 5.74) is 5.31. The minimum absolute atomic E-state index is 0.140. The molecule has 5 heteroatoms. The normalized spacial score (nSPS) is 18.4. The first-order valence-electron chi connectivity index (χ1n) is 5.87. The zero-order valence-electron chi connectivity index (χ0n) is 9.95. The highest BCUT2D eigenvalue weighted by Crippen LogP contribution is 2.17. The molecule has 4 N–H and O–H groups in total. The molecule has 1 atom stereocenters. The van der Waals surface area contributed by atoms with Gasteiger partial charge < -0.3 is 16.4 Å². The number of amides is 1. The van der Waals surface area contributed by atoms with Gasteiger partial charge in [0.15, 0.2) is 5.11 Å². The molecule has 92 valence electrons. The van der Waals surface area contributed by atoms with Crippen LogP contribution in [0.2, 0.25) is 0 Å². The van der Waals surface area contributed by atoms with E-state index in [4.69, 9.17) is 18.0 Å². The quantitative estimate of drug-likeness (QED) is 0.642. The van der Waals surface area contributed by atoms with Gasteiger partial charge in [-0.05, 0) is 31.0 Å². The van der Waals surface area contributed by atoms with Crippen LogP contribution in [0.15, 0.2) is 0 Å². The molecule has 0 heterocycles. The largest absolute Gasteiger partial charge is 0.368 e. The van der Waals surface area contributed by atoms with Gasteiger partial charge in [0.2, 0.25) is 5.91 Å². The smallest absolute Gasteiger partial charge is 0.240 e. The van der Waals surface area contributed by atoms with E-state index in [-0.39, 0.29) is 17.9 Å². The number of nitrogens with two attached hydrogens (primary N) is 1. The molecule has 0 aliphatic heterocycles. The Balaban J connectivity index is 2.38. The van der Waals surface area contributed by atoms with Crippen LogP contribution in [0.4, 0.5) is 0 Å². The van der Waals surface area contributed by atoms with Crippen LogP contribution in [0.5, 0.6) is 0 Å². The van der Waals surface area contributed by atoms with Crippen molar-refractivity contribution in [1.29, 1.82) is 0 Å². The van der Waals surface area contributed by atoms with Crippen LogP contribution in [-0.4, -0.2) is 23.1 Å². The predicted octanol–water partition coefficient (Wildman–Crippen LogP) is 0.903. The zero-order valence-corrected chi connectivity index (χ0v) is 10.8. The Morgan fingerprint density at radius 3 is 2.38 bits per heavy atom. The molecule has 0 spiro atoms. The summed E-state index contributed by atoms with van der Waals surface area (Å²) in [6, 6.07) is 0.0714. The Morgan fingerprint density at radius 1 is 1.38 bits per heavy atom. The van der Waals surface area contributed by atoms with Crippen LogP contribution in [-0.2, 0) is 4.79 Å². The van der Waals surface area contributed by atoms with Crippen LogP contribution in [0.1, 0.15) is 39.5 Å². The van der Waals surface area contributed by atoms with Gasteiger partial charge in [-0.2, -0.15) is 0 Å². The van der Waals surface area contributed by atoms with Gasteiger partial charge >= 0.3 is 0 Å². The Morgan fingerprint density at radius 2 is 1.94 bits per heavy atom. The lowest BCUT2D eigenvalue weighted by atomic mass is 10.0. The first-order chi connectivity index (χ1) is 7.50. The molecule has 1 aliphatic carbocycles. The Kier molecular flexibility index (Phi) is 4.99. The molecule has 1 amide bonds. The van der Waals surface area contributed by atoms with Crippen LogP contribution in [0, 0.1) is 5.92 Å². The van der Waals surface area contributed by atoms with Gasteiger partial charge in [0.05, 0.1) is 0 Å². The maximum atomic E-state index is 11.2. The fraction of sp³-hybridized carbons (Fsp3) is 0.818. The first-order valence-corrected chi connectivity index (χ1v) is 6.28. The van der Waals surface area contributed by atoms with Gasteiger partial charge in [0.25, 0.3) is 0 Å². The number of nitrogens with one attached hydrogen (secondary N) is 2. The highest BCUT2D eigenvalue weighted by molar-refractivity contribution is 7.80. The standard InChI is InChI=1S/C11H21N3OS/c1-7(2)9(10(12)15)14-11(16)13-8-5-3-4-6-8/h7-9H,3-6H2,1-2H3,(H2,12,15)(H2,13,14,16). The summed E-state index contributed by atoms with van der Waals surface area (Å²) in [5.74, 6) is -0.216. The Bertz CT molecular complexity index is 262. The molecule has 1 aliphatic rings. The molecule has 1 fully saturated rings. The van der Waals surface area contributed by atoms with Crippen molar-refractivity contribution in [1.82, 2.24) is 10.6 Å². The molecule has 4 nitrogen and oxygen atoms in total. The molecular weight excluding hydrogens is 222 g/mol. The van der Waals surface area contributed by atoms with Crippen molar-refractivity contribution in [3.05, 3.63) is 0 Å². The van der Waals surface area contributed by atoms with Crippen molar-refractivity contribution in [2.75, 3.05) is 0 Å². The summed E-state index contributed by atoms with van der Waals surface area (Å²) < 4.78 is 0. The number of carbonyl (C=O) groups is 1. The van der Waals surface area contributed by atoms with E-state index in [1.165, 1.54) is 12.8 Å². The molecule has 0 aromatic rings. The van der Waals surface area contributed by atoms with Gasteiger partial charge in [-0.25, -0.2) is 0 Å². The van der Waals surface area contributed by atoms with Gasteiger partial charge in [0, 0.05) is 6.04 Å². The third-order valence-electron chi connectivity index (χ3n) is 2.95. The minimum atomic E-state index is -0.388. The van der Waals surface area contributed by atoms with E-state index in [2.05, 4.69) is 10.6 Å². The number of carbonyl (C=O) groups excluding carboxylic acids is 1. The van der Waals surface area contributed by atoms with Gasteiger partial charge in [-0.15, -0.1) is 0 Å². The highest BCUT2D eigenvalue weighted by Gasteiger charge is 2.22. The fourth-order valence-electron chi connectivity index (χ4n) is 2.00. The van der Waals surface area contributed by atoms with Crippen molar-refractivity contribution in [3.63, 3.8) is 0 Å². The summed E-state index contributed by atoms with van der Waals surface area (Å²) in [6.07, 6.45) is 4.82. The summed E-state index contributed by atoms with van der Waals surface area (Å²) >= 11 is 5.18. The van der Waals surface area contributed by atoms with Crippen molar-refractivity contribution in [2.24, 2.45) is 11.7 Å². The molecule has 0 saturated heterocycles. The third-order valence-corrected chi connectivity index (χ3v) is 3.19. The molecule has 0 bridgehead atoms.